The summed E-state index contributed by atoms with van der Waals surface area (Å²) in [5.41, 5.74) is 4.99. The summed E-state index contributed by atoms with van der Waals surface area (Å²) in [5, 5.41) is 90.2. The quantitative estimate of drug-likeness (QED) is 0.0568. The number of fused-ring (bicyclic) bond motifs is 8. The molecule has 0 fully saturated rings. The van der Waals surface area contributed by atoms with Crippen LogP contribution < -0.4 is 37.9 Å². The molecule has 1 aliphatic rings. The van der Waals surface area contributed by atoms with Crippen LogP contribution in [0.2, 0.25) is 0 Å². The third-order valence-electron chi connectivity index (χ3n) is 13.8. The van der Waals surface area contributed by atoms with Crippen LogP contribution in [0.3, 0.4) is 0 Å². The molecule has 8 N–H and O–H groups in total. The van der Waals surface area contributed by atoms with Gasteiger partial charge in [0.1, 0.15) is 92.0 Å². The van der Waals surface area contributed by atoms with Crippen molar-refractivity contribution in [1.82, 2.24) is 0 Å². The van der Waals surface area contributed by atoms with Gasteiger partial charge in [0.15, 0.2) is 0 Å². The summed E-state index contributed by atoms with van der Waals surface area (Å²) in [5.74, 6) is -3.83. The molecule has 0 saturated carbocycles. The highest BCUT2D eigenvalue weighted by Gasteiger charge is 2.37. The normalized spacial score (nSPS) is 15.8. The van der Waals surface area contributed by atoms with E-state index in [4.69, 9.17) is 37.9 Å². The summed E-state index contributed by atoms with van der Waals surface area (Å²) >= 11 is 0. The van der Waals surface area contributed by atoms with Gasteiger partial charge in [-0.05, 0) is 95.1 Å². The average Bonchev–Trinajstić information content (AvgIpc) is 3.38. The second-order valence-electron chi connectivity index (χ2n) is 18.2. The maximum absolute atomic E-state index is 11.3. The fourth-order valence-corrected chi connectivity index (χ4v) is 10.8. The first kappa shape index (κ1) is 51.5. The highest BCUT2D eigenvalue weighted by Crippen LogP contribution is 2.56. The molecular formula is C60H56O16. The van der Waals surface area contributed by atoms with E-state index in [0.29, 0.717) is 66.8 Å². The van der Waals surface area contributed by atoms with Gasteiger partial charge in [-0.25, -0.2) is 0 Å². The van der Waals surface area contributed by atoms with Gasteiger partial charge in [0, 0.05) is 117 Å². The summed E-state index contributed by atoms with van der Waals surface area (Å²) in [6.45, 7) is 0. The van der Waals surface area contributed by atoms with Crippen LogP contribution in [0.5, 0.6) is 92.0 Å². The third-order valence-corrected chi connectivity index (χ3v) is 13.8. The lowest BCUT2D eigenvalue weighted by Crippen LogP contribution is -2.16. The number of hydrogen-bond donors (Lipinski definition) is 8. The molecule has 0 amide bonds. The van der Waals surface area contributed by atoms with E-state index in [2.05, 4.69) is 0 Å². The molecule has 392 valence electrons. The van der Waals surface area contributed by atoms with Crippen molar-refractivity contribution in [3.63, 3.8) is 0 Å². The number of phenols is 8. The van der Waals surface area contributed by atoms with Gasteiger partial charge in [-0.1, -0.05) is 0 Å². The van der Waals surface area contributed by atoms with Gasteiger partial charge in [-0.3, -0.25) is 0 Å². The predicted molar refractivity (Wildman–Crippen MR) is 281 cm³/mol. The Morgan fingerprint density at radius 1 is 0.197 bits per heavy atom. The standard InChI is InChI=1S/C60H56O16/c1-69-49-25-50(70-2)42-21-41(49)57(29-9-33(61)17-34(62)10-29)43-22-44(52(72-4)26-51(43)71-3)59(31-13-37(65)19-38(66)14-31)47-24-48(56(76-8)28-55(47)75-7)60(32-15-39(67)20-40(68)16-32)46-23-45(53(73-5)27-54(46)74-6)58(42)30-11-35(63)18-36(64)12-30/h9-28,57-68H,1-8H3. The van der Waals surface area contributed by atoms with Crippen molar-refractivity contribution in [3.05, 3.63) is 188 Å². The van der Waals surface area contributed by atoms with E-state index in [0.717, 1.165) is 0 Å². The lowest BCUT2D eigenvalue weighted by atomic mass is 9.75. The molecule has 8 aromatic carbocycles. The van der Waals surface area contributed by atoms with Crippen LogP contribution in [0.25, 0.3) is 0 Å². The molecule has 16 nitrogen and oxygen atoms in total. The summed E-state index contributed by atoms with van der Waals surface area (Å²) in [4.78, 5) is 0. The second kappa shape index (κ2) is 20.8. The molecule has 0 aromatic heterocycles. The van der Waals surface area contributed by atoms with E-state index < -0.39 is 23.7 Å². The number of aromatic hydroxyl groups is 8. The molecule has 0 saturated heterocycles. The van der Waals surface area contributed by atoms with Crippen molar-refractivity contribution in [2.24, 2.45) is 0 Å². The van der Waals surface area contributed by atoms with Gasteiger partial charge in [0.05, 0.1) is 56.9 Å². The van der Waals surface area contributed by atoms with Crippen molar-refractivity contribution in [3.8, 4) is 92.0 Å². The number of rotatable bonds is 12. The molecule has 8 bridgehead atoms. The van der Waals surface area contributed by atoms with Gasteiger partial charge in [0.25, 0.3) is 0 Å². The zero-order chi connectivity index (χ0) is 54.3. The van der Waals surface area contributed by atoms with Gasteiger partial charge < -0.3 is 78.7 Å². The van der Waals surface area contributed by atoms with Gasteiger partial charge >= 0.3 is 0 Å². The molecule has 0 radical (unpaired) electrons. The van der Waals surface area contributed by atoms with Crippen molar-refractivity contribution in [2.45, 2.75) is 23.7 Å². The Morgan fingerprint density at radius 2 is 0.329 bits per heavy atom. The van der Waals surface area contributed by atoms with E-state index in [1.807, 2.05) is 24.3 Å². The highest BCUT2D eigenvalue weighted by atomic mass is 16.5. The lowest BCUT2D eigenvalue weighted by Gasteiger charge is -2.32. The maximum Gasteiger partial charge on any atom is 0.126 e. The van der Waals surface area contributed by atoms with Crippen molar-refractivity contribution in [1.29, 1.82) is 0 Å². The lowest BCUT2D eigenvalue weighted by molar-refractivity contribution is 0.378. The van der Waals surface area contributed by atoms with E-state index in [1.165, 1.54) is 130 Å². The summed E-state index contributed by atoms with van der Waals surface area (Å²) in [7, 11) is 11.9. The molecular weight excluding hydrogens is 977 g/mol. The van der Waals surface area contributed by atoms with Crippen LogP contribution in [0.4, 0.5) is 0 Å². The Kier molecular flexibility index (Phi) is 14.1. The van der Waals surface area contributed by atoms with Crippen molar-refractivity contribution in [2.75, 3.05) is 56.9 Å². The number of phenolic OH excluding ortho intramolecular Hbond substituents is 8. The predicted octanol–water partition coefficient (Wildman–Crippen LogP) is 10.4. The van der Waals surface area contributed by atoms with Crippen LogP contribution in [0, 0.1) is 0 Å². The van der Waals surface area contributed by atoms with Gasteiger partial charge in [-0.2, -0.15) is 0 Å². The average molecular weight is 1030 g/mol. The van der Waals surface area contributed by atoms with Crippen LogP contribution in [0.1, 0.15) is 90.4 Å². The largest absolute Gasteiger partial charge is 0.508 e. The van der Waals surface area contributed by atoms with Crippen LogP contribution in [-0.2, 0) is 0 Å². The summed E-state index contributed by atoms with van der Waals surface area (Å²) < 4.78 is 49.9. The fraction of sp³-hybridized carbons (Fsp3) is 0.200. The van der Waals surface area contributed by atoms with E-state index in [9.17, 15) is 40.9 Å². The first-order chi connectivity index (χ1) is 36.5. The molecule has 1 aliphatic carbocycles. The SMILES string of the molecule is COc1cc(OC)c2cc1C(c1cc(O)cc(O)c1)c1cc(c(OC)cc1OC)C(c1cc(O)cc(O)c1)c1cc(c(OC)cc1OC)C(c1cc(O)cc(O)c1)c1cc(c(OC)cc1OC)C2c1cc(O)cc(O)c1. The Balaban J connectivity index is 1.59. The Hall–Kier alpha value is -9.44. The zero-order valence-electron chi connectivity index (χ0n) is 42.7. The van der Waals surface area contributed by atoms with Crippen LogP contribution in [-0.4, -0.2) is 97.7 Å². The zero-order valence-corrected chi connectivity index (χ0v) is 42.7. The highest BCUT2D eigenvalue weighted by molar-refractivity contribution is 5.69. The van der Waals surface area contributed by atoms with E-state index in [1.54, 1.807) is 24.3 Å². The molecule has 0 aliphatic heterocycles. The maximum atomic E-state index is 11.3. The van der Waals surface area contributed by atoms with Crippen LogP contribution >= 0.6 is 0 Å². The van der Waals surface area contributed by atoms with Gasteiger partial charge in [0.2, 0.25) is 0 Å². The first-order valence-corrected chi connectivity index (χ1v) is 23.7. The fourth-order valence-electron chi connectivity index (χ4n) is 10.8. The molecule has 0 atom stereocenters. The van der Waals surface area contributed by atoms with Crippen molar-refractivity contribution < 1.29 is 78.7 Å². The molecule has 0 unspecified atom stereocenters. The molecule has 16 heteroatoms. The number of benzene rings is 8. The third kappa shape index (κ3) is 9.40. The Bertz CT molecular complexity index is 2870. The first-order valence-electron chi connectivity index (χ1n) is 23.7. The van der Waals surface area contributed by atoms with E-state index >= 15 is 0 Å². The summed E-state index contributed by atoms with van der Waals surface area (Å²) in [6.07, 6.45) is 0. The molecule has 9 rings (SSSR count). The number of ether oxygens (including phenoxy) is 8. The number of methoxy groups -OCH3 is 8. The van der Waals surface area contributed by atoms with Crippen molar-refractivity contribution >= 4 is 0 Å². The summed E-state index contributed by atoms with van der Waals surface area (Å²) in [6, 6.07) is 30.9. The minimum Gasteiger partial charge on any atom is -0.508 e. The molecule has 76 heavy (non-hydrogen) atoms. The molecule has 0 spiro atoms. The molecule has 8 aromatic rings. The van der Waals surface area contributed by atoms with Gasteiger partial charge in [-0.15, -0.1) is 0 Å². The smallest absolute Gasteiger partial charge is 0.126 e. The van der Waals surface area contributed by atoms with E-state index in [-0.39, 0.29) is 92.0 Å². The Labute approximate surface area is 437 Å². The second-order valence-corrected chi connectivity index (χ2v) is 18.2. The minimum absolute atomic E-state index is 0.260. The minimum atomic E-state index is -1.01. The van der Waals surface area contributed by atoms with Crippen LogP contribution in [0.15, 0.2) is 121 Å². The topological polar surface area (TPSA) is 236 Å². The molecule has 0 heterocycles. The number of hydrogen-bond acceptors (Lipinski definition) is 16. The Morgan fingerprint density at radius 3 is 0.447 bits per heavy atom. The monoisotopic (exact) mass is 1030 g/mol.